The third kappa shape index (κ3) is 3.20. The van der Waals surface area contributed by atoms with Gasteiger partial charge in [0, 0.05) is 12.6 Å². The highest BCUT2D eigenvalue weighted by Gasteiger charge is 2.24. The predicted molar refractivity (Wildman–Crippen MR) is 60.6 cm³/mol. The average molecular weight is 210 g/mol. The first-order valence-corrected chi connectivity index (χ1v) is 6.37. The molecule has 3 nitrogen and oxygen atoms in total. The Balaban J connectivity index is 1.76. The van der Waals surface area contributed by atoms with E-state index in [4.69, 9.17) is 0 Å². The van der Waals surface area contributed by atoms with Gasteiger partial charge in [-0.2, -0.15) is 0 Å². The van der Waals surface area contributed by atoms with E-state index in [1.165, 1.54) is 38.5 Å². The molecule has 2 aliphatic rings. The maximum absolute atomic E-state index is 11.9. The predicted octanol–water partition coefficient (Wildman–Crippen LogP) is 1.43. The second-order valence-corrected chi connectivity index (χ2v) is 4.89. The summed E-state index contributed by atoms with van der Waals surface area (Å²) < 4.78 is 0. The molecule has 0 unspecified atom stereocenters. The van der Waals surface area contributed by atoms with E-state index in [2.05, 4.69) is 10.6 Å². The van der Waals surface area contributed by atoms with Gasteiger partial charge in [-0.15, -0.1) is 0 Å². The number of amides is 1. The Morgan fingerprint density at radius 3 is 2.40 bits per heavy atom. The van der Waals surface area contributed by atoms with Crippen molar-refractivity contribution in [1.82, 2.24) is 10.6 Å². The van der Waals surface area contributed by atoms with Crippen molar-refractivity contribution in [3.05, 3.63) is 0 Å². The van der Waals surface area contributed by atoms with Gasteiger partial charge >= 0.3 is 0 Å². The molecule has 0 spiro atoms. The molecule has 1 saturated carbocycles. The zero-order valence-electron chi connectivity index (χ0n) is 9.43. The Morgan fingerprint density at radius 2 is 1.80 bits per heavy atom. The van der Waals surface area contributed by atoms with Crippen LogP contribution < -0.4 is 10.6 Å². The van der Waals surface area contributed by atoms with Crippen molar-refractivity contribution in [2.45, 2.75) is 51.0 Å². The maximum Gasteiger partial charge on any atom is 0.224 e. The summed E-state index contributed by atoms with van der Waals surface area (Å²) >= 11 is 0. The van der Waals surface area contributed by atoms with Gasteiger partial charge in [-0.1, -0.05) is 25.7 Å². The third-order valence-corrected chi connectivity index (χ3v) is 3.63. The summed E-state index contributed by atoms with van der Waals surface area (Å²) in [5.41, 5.74) is 0. The molecule has 1 aliphatic heterocycles. The van der Waals surface area contributed by atoms with Crippen LogP contribution in [0.2, 0.25) is 0 Å². The van der Waals surface area contributed by atoms with E-state index in [1.54, 1.807) is 0 Å². The van der Waals surface area contributed by atoms with Crippen LogP contribution in [0.5, 0.6) is 0 Å². The van der Waals surface area contributed by atoms with Crippen LogP contribution in [0.1, 0.15) is 44.9 Å². The fourth-order valence-corrected chi connectivity index (χ4v) is 2.62. The fourth-order valence-electron chi connectivity index (χ4n) is 2.62. The largest absolute Gasteiger partial charge is 0.353 e. The Kier molecular flexibility index (Phi) is 4.01. The van der Waals surface area contributed by atoms with E-state index in [9.17, 15) is 4.79 Å². The number of carbonyl (C=O) groups is 1. The minimum absolute atomic E-state index is 0.230. The normalized spacial score (nSPS) is 28.7. The highest BCUT2D eigenvalue weighted by Crippen LogP contribution is 2.18. The van der Waals surface area contributed by atoms with Crippen LogP contribution in [-0.2, 0) is 4.79 Å². The van der Waals surface area contributed by atoms with Gasteiger partial charge in [-0.25, -0.2) is 0 Å². The first-order chi connectivity index (χ1) is 7.36. The summed E-state index contributed by atoms with van der Waals surface area (Å²) in [6.07, 6.45) is 8.65. The molecule has 1 atom stereocenters. The van der Waals surface area contributed by atoms with Crippen LogP contribution in [0.4, 0.5) is 0 Å². The van der Waals surface area contributed by atoms with Crippen molar-refractivity contribution in [2.24, 2.45) is 5.92 Å². The van der Waals surface area contributed by atoms with Gasteiger partial charge in [0.25, 0.3) is 0 Å². The Labute approximate surface area is 92.0 Å². The van der Waals surface area contributed by atoms with Gasteiger partial charge < -0.3 is 10.6 Å². The topological polar surface area (TPSA) is 41.1 Å². The minimum Gasteiger partial charge on any atom is -0.353 e. The molecule has 0 aromatic carbocycles. The fraction of sp³-hybridized carbons (Fsp3) is 0.917. The van der Waals surface area contributed by atoms with Crippen LogP contribution in [0.3, 0.4) is 0 Å². The van der Waals surface area contributed by atoms with Crippen LogP contribution >= 0.6 is 0 Å². The lowest BCUT2D eigenvalue weighted by molar-refractivity contribution is -0.125. The Hall–Kier alpha value is -0.570. The molecule has 2 N–H and O–H groups in total. The molecule has 86 valence electrons. The van der Waals surface area contributed by atoms with E-state index in [0.29, 0.717) is 6.04 Å². The quantitative estimate of drug-likeness (QED) is 0.677. The monoisotopic (exact) mass is 210 g/mol. The molecule has 15 heavy (non-hydrogen) atoms. The molecular formula is C12H22N2O. The summed E-state index contributed by atoms with van der Waals surface area (Å²) in [7, 11) is 0. The molecule has 2 rings (SSSR count). The van der Waals surface area contributed by atoms with E-state index in [0.717, 1.165) is 19.5 Å². The minimum atomic E-state index is 0.230. The van der Waals surface area contributed by atoms with E-state index >= 15 is 0 Å². The SMILES string of the molecule is O=C(NC1CCCCCC1)[C@@H]1CCNC1. The van der Waals surface area contributed by atoms with Gasteiger partial charge in [0.1, 0.15) is 0 Å². The standard InChI is InChI=1S/C12H22N2O/c15-12(10-7-8-13-9-10)14-11-5-3-1-2-4-6-11/h10-11,13H,1-9H2,(H,14,15)/t10-/m1/s1. The molecule has 1 aliphatic carbocycles. The van der Waals surface area contributed by atoms with Gasteiger partial charge in [0.15, 0.2) is 0 Å². The highest BCUT2D eigenvalue weighted by molar-refractivity contribution is 5.79. The van der Waals surface area contributed by atoms with Crippen LogP contribution in [0.25, 0.3) is 0 Å². The molecule has 1 heterocycles. The summed E-state index contributed by atoms with van der Waals surface area (Å²) in [5.74, 6) is 0.514. The third-order valence-electron chi connectivity index (χ3n) is 3.63. The van der Waals surface area contributed by atoms with Crippen molar-refractivity contribution < 1.29 is 4.79 Å². The molecule has 0 bridgehead atoms. The van der Waals surface area contributed by atoms with Gasteiger partial charge in [-0.05, 0) is 25.8 Å². The summed E-state index contributed by atoms with van der Waals surface area (Å²) in [6, 6.07) is 0.459. The van der Waals surface area contributed by atoms with E-state index < -0.39 is 0 Å². The van der Waals surface area contributed by atoms with Crippen molar-refractivity contribution >= 4 is 5.91 Å². The molecule has 0 radical (unpaired) electrons. The van der Waals surface area contributed by atoms with Crippen LogP contribution in [-0.4, -0.2) is 25.0 Å². The highest BCUT2D eigenvalue weighted by atomic mass is 16.2. The van der Waals surface area contributed by atoms with Gasteiger partial charge in [0.05, 0.1) is 5.92 Å². The lowest BCUT2D eigenvalue weighted by atomic mass is 10.1. The Bertz CT molecular complexity index is 204. The zero-order valence-corrected chi connectivity index (χ0v) is 9.43. The first-order valence-electron chi connectivity index (χ1n) is 6.37. The lowest BCUT2D eigenvalue weighted by Gasteiger charge is -2.18. The number of rotatable bonds is 2. The molecule has 3 heteroatoms. The summed E-state index contributed by atoms with van der Waals surface area (Å²) in [6.45, 7) is 1.88. The number of carbonyl (C=O) groups excluding carboxylic acids is 1. The molecule has 0 aromatic heterocycles. The Morgan fingerprint density at radius 1 is 1.07 bits per heavy atom. The van der Waals surface area contributed by atoms with Crippen molar-refractivity contribution in [1.29, 1.82) is 0 Å². The number of hydrogen-bond donors (Lipinski definition) is 2. The van der Waals surface area contributed by atoms with Crippen molar-refractivity contribution in [3.63, 3.8) is 0 Å². The van der Waals surface area contributed by atoms with Crippen LogP contribution in [0, 0.1) is 5.92 Å². The van der Waals surface area contributed by atoms with Gasteiger partial charge in [0.2, 0.25) is 5.91 Å². The van der Waals surface area contributed by atoms with Crippen molar-refractivity contribution in [3.8, 4) is 0 Å². The lowest BCUT2D eigenvalue weighted by Crippen LogP contribution is -2.39. The molecule has 1 saturated heterocycles. The molecule has 2 fully saturated rings. The maximum atomic E-state index is 11.9. The molecular weight excluding hydrogens is 188 g/mol. The van der Waals surface area contributed by atoms with Gasteiger partial charge in [-0.3, -0.25) is 4.79 Å². The number of hydrogen-bond acceptors (Lipinski definition) is 2. The average Bonchev–Trinajstić information content (AvgIpc) is 2.65. The molecule has 0 aromatic rings. The summed E-state index contributed by atoms with van der Waals surface area (Å²) in [5, 5.41) is 6.46. The molecule has 1 amide bonds. The van der Waals surface area contributed by atoms with Crippen LogP contribution in [0.15, 0.2) is 0 Å². The second kappa shape index (κ2) is 5.50. The first kappa shape index (κ1) is 10.9. The van der Waals surface area contributed by atoms with E-state index in [-0.39, 0.29) is 11.8 Å². The van der Waals surface area contributed by atoms with Crippen molar-refractivity contribution in [2.75, 3.05) is 13.1 Å². The summed E-state index contributed by atoms with van der Waals surface area (Å²) in [4.78, 5) is 11.9. The second-order valence-electron chi connectivity index (χ2n) is 4.89. The van der Waals surface area contributed by atoms with E-state index in [1.807, 2.05) is 0 Å². The smallest absolute Gasteiger partial charge is 0.224 e. The zero-order chi connectivity index (χ0) is 10.5. The number of nitrogens with one attached hydrogen (secondary N) is 2.